The third-order valence-corrected chi connectivity index (χ3v) is 6.11. The first-order chi connectivity index (χ1) is 13.5. The topological polar surface area (TPSA) is 63.4 Å². The summed E-state index contributed by atoms with van der Waals surface area (Å²) in [7, 11) is 0. The van der Waals surface area contributed by atoms with Crippen LogP contribution in [0.15, 0.2) is 67.7 Å². The van der Waals surface area contributed by atoms with Crippen molar-refractivity contribution in [3.8, 4) is 0 Å². The number of amides is 1. The molecule has 1 amide bonds. The highest BCUT2D eigenvalue weighted by Crippen LogP contribution is 2.41. The molecule has 0 fully saturated rings. The van der Waals surface area contributed by atoms with Gasteiger partial charge in [-0.15, -0.1) is 11.3 Å². The molecule has 2 aromatic heterocycles. The highest BCUT2D eigenvalue weighted by atomic mass is 79.9. The van der Waals surface area contributed by atoms with Crippen LogP contribution in [0, 0.1) is 6.92 Å². The zero-order chi connectivity index (χ0) is 19.4. The van der Waals surface area contributed by atoms with Gasteiger partial charge in [-0.2, -0.15) is 0 Å². The smallest absolute Gasteiger partial charge is 0.297 e. The van der Waals surface area contributed by atoms with E-state index in [2.05, 4.69) is 20.9 Å². The van der Waals surface area contributed by atoms with E-state index in [9.17, 15) is 9.59 Å². The summed E-state index contributed by atoms with van der Waals surface area (Å²) in [5, 5.41) is 2.78. The fourth-order valence-electron chi connectivity index (χ4n) is 3.54. The minimum absolute atomic E-state index is 0.0839. The molecule has 0 bridgehead atoms. The van der Waals surface area contributed by atoms with E-state index in [0.717, 1.165) is 15.6 Å². The molecule has 0 radical (unpaired) electrons. The largest absolute Gasteiger partial charge is 0.450 e. The number of anilines is 1. The van der Waals surface area contributed by atoms with E-state index in [0.29, 0.717) is 21.7 Å². The van der Waals surface area contributed by atoms with Crippen LogP contribution in [0.2, 0.25) is 0 Å². The lowest BCUT2D eigenvalue weighted by molar-refractivity contribution is 0.0971. The van der Waals surface area contributed by atoms with Gasteiger partial charge in [0.15, 0.2) is 10.6 Å². The molecule has 0 saturated carbocycles. The minimum Gasteiger partial charge on any atom is -0.450 e. The van der Waals surface area contributed by atoms with E-state index in [1.807, 2.05) is 31.2 Å². The van der Waals surface area contributed by atoms with Gasteiger partial charge in [-0.05, 0) is 30.7 Å². The van der Waals surface area contributed by atoms with Gasteiger partial charge in [-0.3, -0.25) is 14.5 Å². The highest BCUT2D eigenvalue weighted by Gasteiger charge is 2.44. The Balaban J connectivity index is 1.83. The van der Waals surface area contributed by atoms with Crippen LogP contribution in [0.1, 0.15) is 33.3 Å². The van der Waals surface area contributed by atoms with Gasteiger partial charge < -0.3 is 4.42 Å². The van der Waals surface area contributed by atoms with Crippen LogP contribution in [-0.4, -0.2) is 10.9 Å². The van der Waals surface area contributed by atoms with Crippen molar-refractivity contribution in [1.82, 2.24) is 4.98 Å². The van der Waals surface area contributed by atoms with Gasteiger partial charge in [0, 0.05) is 16.0 Å². The van der Waals surface area contributed by atoms with E-state index >= 15 is 0 Å². The second-order valence-electron chi connectivity index (χ2n) is 6.62. The molecule has 0 saturated heterocycles. The molecule has 5 rings (SSSR count). The lowest BCUT2D eigenvalue weighted by Crippen LogP contribution is -2.29. The van der Waals surface area contributed by atoms with Crippen LogP contribution in [0.25, 0.3) is 11.0 Å². The molecule has 3 heterocycles. The Kier molecular flexibility index (Phi) is 3.96. The summed E-state index contributed by atoms with van der Waals surface area (Å²) >= 11 is 4.76. The second kappa shape index (κ2) is 6.39. The third-order valence-electron chi connectivity index (χ3n) is 4.85. The summed E-state index contributed by atoms with van der Waals surface area (Å²) in [5.41, 5.74) is 2.49. The summed E-state index contributed by atoms with van der Waals surface area (Å²) in [6.45, 7) is 2.00. The van der Waals surface area contributed by atoms with E-state index < -0.39 is 6.04 Å². The van der Waals surface area contributed by atoms with E-state index in [-0.39, 0.29) is 17.1 Å². The van der Waals surface area contributed by atoms with Crippen LogP contribution in [0.3, 0.4) is 0 Å². The van der Waals surface area contributed by atoms with Crippen molar-refractivity contribution in [3.63, 3.8) is 0 Å². The molecule has 7 heteroatoms. The predicted molar refractivity (Wildman–Crippen MR) is 112 cm³/mol. The number of thiazole rings is 1. The SMILES string of the molecule is Cc1ccc([C@@H]2c3c(oc4ccc(Br)cc4c3=O)C(=O)N2c2nccs2)cc1. The molecular formula is C21H13BrN2O3S. The summed E-state index contributed by atoms with van der Waals surface area (Å²) < 4.78 is 6.70. The van der Waals surface area contributed by atoms with Gasteiger partial charge >= 0.3 is 0 Å². The lowest BCUT2D eigenvalue weighted by Gasteiger charge is -2.22. The number of fused-ring (bicyclic) bond motifs is 2. The molecule has 0 spiro atoms. The van der Waals surface area contributed by atoms with Crippen LogP contribution in [0.4, 0.5) is 5.13 Å². The average molecular weight is 453 g/mol. The zero-order valence-electron chi connectivity index (χ0n) is 14.7. The number of aromatic nitrogens is 1. The first kappa shape index (κ1) is 17.3. The Bertz CT molecular complexity index is 1280. The maximum absolute atomic E-state index is 13.4. The number of rotatable bonds is 2. The zero-order valence-corrected chi connectivity index (χ0v) is 17.1. The maximum Gasteiger partial charge on any atom is 0.297 e. The first-order valence-electron chi connectivity index (χ1n) is 8.60. The summed E-state index contributed by atoms with van der Waals surface area (Å²) in [5.74, 6) is -0.266. The maximum atomic E-state index is 13.4. The molecule has 5 nitrogen and oxygen atoms in total. The normalized spacial score (nSPS) is 16.0. The Labute approximate surface area is 172 Å². The second-order valence-corrected chi connectivity index (χ2v) is 8.41. The molecule has 0 unspecified atom stereocenters. The van der Waals surface area contributed by atoms with Gasteiger partial charge in [0.1, 0.15) is 5.58 Å². The molecule has 1 aliphatic heterocycles. The number of nitrogens with zero attached hydrogens (tertiary/aromatic N) is 2. The molecule has 138 valence electrons. The van der Waals surface area contributed by atoms with Crippen LogP contribution in [0.5, 0.6) is 0 Å². The van der Waals surface area contributed by atoms with Gasteiger partial charge in [0.25, 0.3) is 5.91 Å². The number of benzene rings is 2. The number of hydrogen-bond donors (Lipinski definition) is 0. The Morgan fingerprint density at radius 3 is 2.64 bits per heavy atom. The number of halogens is 1. The Morgan fingerprint density at radius 2 is 1.93 bits per heavy atom. The van der Waals surface area contributed by atoms with Crippen molar-refractivity contribution in [1.29, 1.82) is 0 Å². The van der Waals surface area contributed by atoms with E-state index in [1.165, 1.54) is 11.3 Å². The van der Waals surface area contributed by atoms with Gasteiger partial charge in [-0.1, -0.05) is 45.8 Å². The lowest BCUT2D eigenvalue weighted by atomic mass is 9.98. The van der Waals surface area contributed by atoms with E-state index in [4.69, 9.17) is 4.42 Å². The van der Waals surface area contributed by atoms with E-state index in [1.54, 1.807) is 34.7 Å². The molecule has 1 atom stereocenters. The molecular weight excluding hydrogens is 440 g/mol. The van der Waals surface area contributed by atoms with Gasteiger partial charge in [0.2, 0.25) is 5.76 Å². The van der Waals surface area contributed by atoms with Crippen molar-refractivity contribution in [2.45, 2.75) is 13.0 Å². The molecule has 28 heavy (non-hydrogen) atoms. The van der Waals surface area contributed by atoms with Crippen LogP contribution >= 0.6 is 27.3 Å². The molecule has 4 aromatic rings. The Morgan fingerprint density at radius 1 is 1.14 bits per heavy atom. The minimum atomic E-state index is -0.575. The Hall–Kier alpha value is -2.77. The monoisotopic (exact) mass is 452 g/mol. The van der Waals surface area contributed by atoms with Crippen molar-refractivity contribution >= 4 is 49.3 Å². The summed E-state index contributed by atoms with van der Waals surface area (Å²) in [4.78, 5) is 32.5. The van der Waals surface area contributed by atoms with Crippen molar-refractivity contribution < 1.29 is 9.21 Å². The van der Waals surface area contributed by atoms with Crippen LogP contribution in [-0.2, 0) is 0 Å². The average Bonchev–Trinajstić information content (AvgIpc) is 3.30. The number of aryl methyl sites for hydroxylation is 1. The fourth-order valence-corrected chi connectivity index (χ4v) is 4.57. The number of hydrogen-bond acceptors (Lipinski definition) is 5. The van der Waals surface area contributed by atoms with Gasteiger partial charge in [0.05, 0.1) is 17.0 Å². The van der Waals surface area contributed by atoms with Crippen molar-refractivity contribution in [3.05, 3.63) is 91.2 Å². The number of carbonyl (C=O) groups is 1. The van der Waals surface area contributed by atoms with Crippen molar-refractivity contribution in [2.75, 3.05) is 4.90 Å². The standard InChI is InChI=1S/C21H13BrN2O3S/c1-11-2-4-12(5-3-11)17-16-18(25)14-10-13(22)6-7-15(14)27-19(16)20(26)24(17)21-23-8-9-28-21/h2-10,17H,1H3/t17-/m1/s1. The third kappa shape index (κ3) is 2.54. The quantitative estimate of drug-likeness (QED) is 0.425. The highest BCUT2D eigenvalue weighted by molar-refractivity contribution is 9.10. The van der Waals surface area contributed by atoms with Crippen LogP contribution < -0.4 is 10.3 Å². The predicted octanol–water partition coefficient (Wildman–Crippen LogP) is 5.07. The van der Waals surface area contributed by atoms with Gasteiger partial charge in [-0.25, -0.2) is 4.98 Å². The summed E-state index contributed by atoms with van der Waals surface area (Å²) in [6, 6.07) is 12.4. The number of carbonyl (C=O) groups excluding carboxylic acids is 1. The van der Waals surface area contributed by atoms with Crippen molar-refractivity contribution in [2.24, 2.45) is 0 Å². The fraction of sp³-hybridized carbons (Fsp3) is 0.0952. The summed E-state index contributed by atoms with van der Waals surface area (Å²) in [6.07, 6.45) is 1.64. The molecule has 2 aromatic carbocycles. The first-order valence-corrected chi connectivity index (χ1v) is 10.3. The molecule has 1 aliphatic rings. The molecule has 0 N–H and O–H groups in total. The molecule has 0 aliphatic carbocycles.